The predicted octanol–water partition coefficient (Wildman–Crippen LogP) is 6.49. The zero-order chi connectivity index (χ0) is 27.5. The summed E-state index contributed by atoms with van der Waals surface area (Å²) < 4.78 is 19.0. The van der Waals surface area contributed by atoms with Gasteiger partial charge in [-0.2, -0.15) is 0 Å². The van der Waals surface area contributed by atoms with Crippen LogP contribution in [0, 0.1) is 0 Å². The van der Waals surface area contributed by atoms with Crippen molar-refractivity contribution in [3.8, 4) is 22.8 Å². The maximum absolute atomic E-state index is 13.6. The number of fused-ring (bicyclic) bond motifs is 2. The highest BCUT2D eigenvalue weighted by Gasteiger charge is 2.24. The van der Waals surface area contributed by atoms with Gasteiger partial charge in [-0.3, -0.25) is 4.40 Å². The average molecular weight is 557 g/mol. The van der Waals surface area contributed by atoms with Crippen LogP contribution in [0.3, 0.4) is 0 Å². The van der Waals surface area contributed by atoms with E-state index in [1.807, 2.05) is 59.6 Å². The minimum atomic E-state index is -0.120. The largest absolute Gasteiger partial charge is 0.497 e. The monoisotopic (exact) mass is 556 g/mol. The molecule has 0 aliphatic carbocycles. The number of imidazole rings is 1. The number of aromatic nitrogens is 2. The number of urea groups is 1. The number of carbonyl (C=O) groups is 1. The molecule has 1 unspecified atom stereocenters. The van der Waals surface area contributed by atoms with E-state index in [9.17, 15) is 4.79 Å². The molecule has 3 aromatic carbocycles. The quantitative estimate of drug-likeness (QED) is 0.225. The molecular formula is C31H32N4O4S. The number of thiazole rings is 1. The topological polar surface area (TPSA) is 77.3 Å². The van der Waals surface area contributed by atoms with E-state index in [2.05, 4.69) is 27.2 Å². The molecule has 1 saturated heterocycles. The Morgan fingerprint density at radius 3 is 2.85 bits per heavy atom. The number of hydrogen-bond acceptors (Lipinski definition) is 6. The number of hydrogen-bond donors (Lipinski definition) is 1. The van der Waals surface area contributed by atoms with Crippen molar-refractivity contribution in [1.82, 2.24) is 14.3 Å². The summed E-state index contributed by atoms with van der Waals surface area (Å²) in [4.78, 5) is 21.2. The van der Waals surface area contributed by atoms with Gasteiger partial charge in [0.15, 0.2) is 4.96 Å². The molecule has 1 fully saturated rings. The highest BCUT2D eigenvalue weighted by Crippen LogP contribution is 2.34. The second kappa shape index (κ2) is 11.6. The van der Waals surface area contributed by atoms with Gasteiger partial charge in [0.25, 0.3) is 0 Å². The fourth-order valence-electron chi connectivity index (χ4n) is 5.24. The molecule has 1 atom stereocenters. The first-order valence-corrected chi connectivity index (χ1v) is 14.3. The summed E-state index contributed by atoms with van der Waals surface area (Å²) in [5.74, 6) is 1.48. The Balaban J connectivity index is 1.23. The van der Waals surface area contributed by atoms with E-state index in [-0.39, 0.29) is 12.1 Å². The molecule has 0 spiro atoms. The number of nitrogens with one attached hydrogen (secondary N) is 1. The maximum atomic E-state index is 13.6. The lowest BCUT2D eigenvalue weighted by Gasteiger charge is -2.26. The second-order valence-electron chi connectivity index (χ2n) is 9.86. The summed E-state index contributed by atoms with van der Waals surface area (Å²) >= 11 is 1.59. The molecule has 40 heavy (non-hydrogen) atoms. The average Bonchev–Trinajstić information content (AvgIpc) is 3.74. The number of rotatable bonds is 9. The van der Waals surface area contributed by atoms with Crippen molar-refractivity contribution >= 4 is 38.8 Å². The molecule has 1 aliphatic rings. The van der Waals surface area contributed by atoms with Gasteiger partial charge in [-0.05, 0) is 42.5 Å². The standard InChI is InChI=1S/C31H32N4O4S/c1-37-23-12-13-29(38-2)26(17-23)28-19-35-22(20-40-31(35)33-28)14-15-34(18-24-9-6-16-39-24)30(36)32-27-11-5-8-21-7-3-4-10-25(21)27/h3-5,7-8,10-13,17,19-20,24H,6,9,14-16,18H2,1-2H3,(H,32,36). The Morgan fingerprint density at radius 1 is 1.15 bits per heavy atom. The molecule has 9 heteroatoms. The molecule has 3 heterocycles. The van der Waals surface area contributed by atoms with Crippen molar-refractivity contribution in [3.05, 3.63) is 77.9 Å². The van der Waals surface area contributed by atoms with Gasteiger partial charge < -0.3 is 24.4 Å². The molecule has 2 amide bonds. The van der Waals surface area contributed by atoms with E-state index in [0.717, 1.165) is 69.3 Å². The van der Waals surface area contributed by atoms with Crippen molar-refractivity contribution in [2.24, 2.45) is 0 Å². The zero-order valence-electron chi connectivity index (χ0n) is 22.6. The third kappa shape index (κ3) is 5.35. The molecule has 0 radical (unpaired) electrons. The van der Waals surface area contributed by atoms with Crippen LogP contribution in [0.5, 0.6) is 11.5 Å². The number of carbonyl (C=O) groups excluding carboxylic acids is 1. The van der Waals surface area contributed by atoms with Crippen LogP contribution in [0.4, 0.5) is 10.5 Å². The van der Waals surface area contributed by atoms with Crippen LogP contribution < -0.4 is 14.8 Å². The van der Waals surface area contributed by atoms with Crippen LogP contribution in [0.25, 0.3) is 27.0 Å². The van der Waals surface area contributed by atoms with E-state index < -0.39 is 0 Å². The zero-order valence-corrected chi connectivity index (χ0v) is 23.4. The predicted molar refractivity (Wildman–Crippen MR) is 159 cm³/mol. The summed E-state index contributed by atoms with van der Waals surface area (Å²) in [6.07, 6.45) is 4.76. The van der Waals surface area contributed by atoms with E-state index in [4.69, 9.17) is 19.2 Å². The van der Waals surface area contributed by atoms with Gasteiger partial charge in [-0.1, -0.05) is 36.4 Å². The smallest absolute Gasteiger partial charge is 0.321 e. The first-order chi connectivity index (χ1) is 19.6. The van der Waals surface area contributed by atoms with Gasteiger partial charge in [0, 0.05) is 54.3 Å². The molecule has 0 bridgehead atoms. The molecule has 1 N–H and O–H groups in total. The highest BCUT2D eigenvalue weighted by molar-refractivity contribution is 7.15. The Labute approximate surface area is 237 Å². The van der Waals surface area contributed by atoms with Crippen LogP contribution in [0.1, 0.15) is 18.5 Å². The minimum Gasteiger partial charge on any atom is -0.497 e. The lowest BCUT2D eigenvalue weighted by Crippen LogP contribution is -2.41. The lowest BCUT2D eigenvalue weighted by atomic mass is 10.1. The molecule has 2 aromatic heterocycles. The van der Waals surface area contributed by atoms with Crippen molar-refractivity contribution in [2.75, 3.05) is 39.2 Å². The van der Waals surface area contributed by atoms with Crippen LogP contribution in [0.15, 0.2) is 72.2 Å². The van der Waals surface area contributed by atoms with E-state index in [1.54, 1.807) is 25.6 Å². The number of benzene rings is 3. The number of amides is 2. The molecule has 6 rings (SSSR count). The van der Waals surface area contributed by atoms with Gasteiger partial charge in [0.1, 0.15) is 11.5 Å². The molecular weight excluding hydrogens is 524 g/mol. The Hall–Kier alpha value is -4.08. The second-order valence-corrected chi connectivity index (χ2v) is 10.7. The molecule has 206 valence electrons. The molecule has 0 saturated carbocycles. The summed E-state index contributed by atoms with van der Waals surface area (Å²) in [6, 6.07) is 19.6. The fourth-order valence-corrected chi connectivity index (χ4v) is 6.15. The van der Waals surface area contributed by atoms with Crippen molar-refractivity contribution in [1.29, 1.82) is 0 Å². The Kier molecular flexibility index (Phi) is 7.57. The van der Waals surface area contributed by atoms with Crippen molar-refractivity contribution < 1.29 is 19.0 Å². The van der Waals surface area contributed by atoms with E-state index in [0.29, 0.717) is 19.5 Å². The number of ether oxygens (including phenoxy) is 3. The van der Waals surface area contributed by atoms with Gasteiger partial charge in [-0.15, -0.1) is 11.3 Å². The van der Waals surface area contributed by atoms with Gasteiger partial charge >= 0.3 is 6.03 Å². The SMILES string of the molecule is COc1ccc(OC)c(-c2cn3c(CCN(CC4CCCO4)C(=O)Nc4cccc5ccccc45)csc3n2)c1. The molecule has 5 aromatic rings. The Morgan fingerprint density at radius 2 is 2.02 bits per heavy atom. The first kappa shape index (κ1) is 26.2. The third-order valence-electron chi connectivity index (χ3n) is 7.37. The number of methoxy groups -OCH3 is 2. The van der Waals surface area contributed by atoms with E-state index >= 15 is 0 Å². The van der Waals surface area contributed by atoms with Gasteiger partial charge in [-0.25, -0.2) is 9.78 Å². The van der Waals surface area contributed by atoms with Gasteiger partial charge in [0.05, 0.1) is 31.7 Å². The van der Waals surface area contributed by atoms with Crippen LogP contribution >= 0.6 is 11.3 Å². The summed E-state index contributed by atoms with van der Waals surface area (Å²) in [5, 5.41) is 7.39. The third-order valence-corrected chi connectivity index (χ3v) is 8.26. The number of nitrogens with zero attached hydrogens (tertiary/aromatic N) is 3. The summed E-state index contributed by atoms with van der Waals surface area (Å²) in [6.45, 7) is 1.86. The van der Waals surface area contributed by atoms with Gasteiger partial charge in [0.2, 0.25) is 0 Å². The van der Waals surface area contributed by atoms with Crippen LogP contribution in [-0.2, 0) is 11.2 Å². The van der Waals surface area contributed by atoms with Crippen molar-refractivity contribution in [2.45, 2.75) is 25.4 Å². The fraction of sp³-hybridized carbons (Fsp3) is 0.290. The highest BCUT2D eigenvalue weighted by atomic mass is 32.1. The normalized spacial score (nSPS) is 15.0. The Bertz CT molecular complexity index is 1630. The first-order valence-electron chi connectivity index (χ1n) is 13.5. The van der Waals surface area contributed by atoms with Crippen LogP contribution in [0.2, 0.25) is 0 Å². The van der Waals surface area contributed by atoms with E-state index in [1.165, 1.54) is 0 Å². The maximum Gasteiger partial charge on any atom is 0.321 e. The molecule has 8 nitrogen and oxygen atoms in total. The van der Waals surface area contributed by atoms with Crippen molar-refractivity contribution in [3.63, 3.8) is 0 Å². The number of anilines is 1. The lowest BCUT2D eigenvalue weighted by molar-refractivity contribution is 0.0838. The molecule has 1 aliphatic heterocycles. The summed E-state index contributed by atoms with van der Waals surface area (Å²) in [5.41, 5.74) is 3.59. The summed E-state index contributed by atoms with van der Waals surface area (Å²) in [7, 11) is 3.30. The van der Waals surface area contributed by atoms with Crippen LogP contribution in [-0.4, -0.2) is 60.3 Å². The minimum absolute atomic E-state index is 0.0566.